The number of carboxylic acid groups (broad SMARTS) is 2. The minimum Gasteiger partial charge on any atom is -0.481 e. The first-order valence-electron chi connectivity index (χ1n) is 5.09. The minimum atomic E-state index is -4.74. The molecule has 6 N–H and O–H groups in total. The summed E-state index contributed by atoms with van der Waals surface area (Å²) in [7, 11) is -4.74. The summed E-state index contributed by atoms with van der Waals surface area (Å²) in [5.74, 6) is -3.35. The molecular weight excluding hydrogens is 384 g/mol. The van der Waals surface area contributed by atoms with Gasteiger partial charge in [0.25, 0.3) is 0 Å². The number of aliphatic hydroxyl groups excluding tert-OH is 3. The van der Waals surface area contributed by atoms with E-state index in [2.05, 4.69) is 29.4 Å². The van der Waals surface area contributed by atoms with E-state index < -0.39 is 34.9 Å². The summed E-state index contributed by atoms with van der Waals surface area (Å²) in [5, 5.41) is 38.4. The average Bonchev–Trinajstić information content (AvgIpc) is 2.46. The number of aliphatic carboxylic acids is 2. The summed E-state index contributed by atoms with van der Waals surface area (Å²) in [6, 6.07) is 0. The molecule has 0 atom stereocenters. The molecule has 0 aliphatic heterocycles. The van der Waals surface area contributed by atoms with Crippen LogP contribution in [0.5, 0.6) is 0 Å². The maximum absolute atomic E-state index is 9.82. The van der Waals surface area contributed by atoms with E-state index in [1.54, 1.807) is 0 Å². The number of aliphatic hydroxyl groups is 3. The number of carboxylic acids is 2. The SMILES string of the molecule is O=C(CO)OS(=O)(=O)O.O=C(O)CS.O=C(O)CS.OCCO. The zero-order valence-corrected chi connectivity index (χ0v) is 14.1. The van der Waals surface area contributed by atoms with Gasteiger partial charge in [-0.15, -0.1) is 0 Å². The van der Waals surface area contributed by atoms with Gasteiger partial charge in [-0.3, -0.25) is 14.1 Å². The van der Waals surface area contributed by atoms with Gasteiger partial charge in [0.15, 0.2) is 0 Å². The van der Waals surface area contributed by atoms with E-state index in [1.807, 2.05) is 0 Å². The molecular formula is C8H18O12S3. The Kier molecular flexibility index (Phi) is 27.1. The van der Waals surface area contributed by atoms with E-state index >= 15 is 0 Å². The highest BCUT2D eigenvalue weighted by Gasteiger charge is 2.10. The maximum Gasteiger partial charge on any atom is 0.449 e. The first-order chi connectivity index (χ1) is 10.4. The molecule has 0 fully saturated rings. The fraction of sp³-hybridized carbons (Fsp3) is 0.625. The summed E-state index contributed by atoms with van der Waals surface area (Å²) < 4.78 is 30.2. The zero-order chi connectivity index (χ0) is 19.5. The van der Waals surface area contributed by atoms with Crippen molar-refractivity contribution in [3.8, 4) is 0 Å². The molecule has 0 saturated heterocycles. The molecule has 0 unspecified atom stereocenters. The van der Waals surface area contributed by atoms with Gasteiger partial charge in [0, 0.05) is 0 Å². The van der Waals surface area contributed by atoms with Crippen molar-refractivity contribution < 1.29 is 57.1 Å². The molecule has 0 radical (unpaired) electrons. The van der Waals surface area contributed by atoms with Crippen molar-refractivity contribution >= 4 is 53.6 Å². The van der Waals surface area contributed by atoms with Crippen LogP contribution >= 0.6 is 25.3 Å². The first-order valence-corrected chi connectivity index (χ1v) is 7.72. The fourth-order valence-corrected chi connectivity index (χ4v) is 0.431. The quantitative estimate of drug-likeness (QED) is 0.174. The van der Waals surface area contributed by atoms with Crippen LogP contribution in [0.1, 0.15) is 0 Å². The summed E-state index contributed by atoms with van der Waals surface area (Å²) in [4.78, 5) is 28.4. The molecule has 0 bridgehead atoms. The Labute approximate surface area is 142 Å². The topological polar surface area (TPSA) is 216 Å². The Morgan fingerprint density at radius 2 is 1.13 bits per heavy atom. The molecule has 0 spiro atoms. The number of hydrogen-bond donors (Lipinski definition) is 8. The predicted octanol–water partition coefficient (Wildman–Crippen LogP) is -2.70. The molecule has 0 aromatic carbocycles. The molecule has 0 aliphatic rings. The standard InChI is InChI=1S/C2H4O6S.2C2H4O2S.C2H6O2/c3-1-2(4)8-9(5,6)7;2*3-2(4)1-5;3-1-2-4/h3H,1H2,(H,5,6,7);2*5H,1H2,(H,3,4);3-4H,1-2H2. The van der Waals surface area contributed by atoms with E-state index in [0.717, 1.165) is 0 Å². The van der Waals surface area contributed by atoms with Gasteiger partial charge < -0.3 is 29.7 Å². The molecule has 23 heavy (non-hydrogen) atoms. The molecule has 0 rings (SSSR count). The maximum atomic E-state index is 9.82. The Balaban J connectivity index is -0.000000112. The number of carbonyl (C=O) groups excluding carboxylic acids is 1. The van der Waals surface area contributed by atoms with Crippen LogP contribution in [0.4, 0.5) is 0 Å². The Hall–Kier alpha value is -1.10. The summed E-state index contributed by atoms with van der Waals surface area (Å²) in [6.07, 6.45) is 0. The Morgan fingerprint density at radius 3 is 1.17 bits per heavy atom. The molecule has 12 nitrogen and oxygen atoms in total. The second-order valence-electron chi connectivity index (χ2n) is 2.59. The van der Waals surface area contributed by atoms with Crippen LogP contribution in [0.3, 0.4) is 0 Å². The Morgan fingerprint density at radius 1 is 0.870 bits per heavy atom. The van der Waals surface area contributed by atoms with Crippen LogP contribution in [-0.4, -0.2) is 87.7 Å². The molecule has 140 valence electrons. The summed E-state index contributed by atoms with van der Waals surface area (Å²) >= 11 is 6.83. The molecule has 0 aliphatic carbocycles. The van der Waals surface area contributed by atoms with Gasteiger partial charge in [0.1, 0.15) is 6.61 Å². The van der Waals surface area contributed by atoms with Crippen LogP contribution in [0.25, 0.3) is 0 Å². The lowest BCUT2D eigenvalue weighted by Crippen LogP contribution is -2.14. The second kappa shape index (κ2) is 20.9. The summed E-state index contributed by atoms with van der Waals surface area (Å²) in [5.41, 5.74) is 0. The van der Waals surface area contributed by atoms with Crippen molar-refractivity contribution in [1.29, 1.82) is 0 Å². The smallest absolute Gasteiger partial charge is 0.449 e. The third-order valence-corrected chi connectivity index (χ3v) is 1.64. The lowest BCUT2D eigenvalue weighted by molar-refractivity contribution is -0.137. The zero-order valence-electron chi connectivity index (χ0n) is 11.5. The van der Waals surface area contributed by atoms with E-state index in [9.17, 15) is 22.8 Å². The van der Waals surface area contributed by atoms with Crippen LogP contribution in [-0.2, 0) is 29.0 Å². The number of carbonyl (C=O) groups is 3. The van der Waals surface area contributed by atoms with Crippen LogP contribution in [0.15, 0.2) is 0 Å². The van der Waals surface area contributed by atoms with Crippen LogP contribution in [0, 0.1) is 0 Å². The van der Waals surface area contributed by atoms with Crippen LogP contribution in [0.2, 0.25) is 0 Å². The highest BCUT2D eigenvalue weighted by Crippen LogP contribution is 1.84. The van der Waals surface area contributed by atoms with Gasteiger partial charge >= 0.3 is 28.3 Å². The van der Waals surface area contributed by atoms with Crippen molar-refractivity contribution in [3.63, 3.8) is 0 Å². The van der Waals surface area contributed by atoms with Crippen molar-refractivity contribution in [2.75, 3.05) is 31.3 Å². The van der Waals surface area contributed by atoms with Crippen molar-refractivity contribution in [1.82, 2.24) is 0 Å². The van der Waals surface area contributed by atoms with E-state index in [1.165, 1.54) is 0 Å². The molecule has 0 saturated carbocycles. The van der Waals surface area contributed by atoms with Gasteiger partial charge in [-0.25, -0.2) is 4.79 Å². The lowest BCUT2D eigenvalue weighted by Gasteiger charge is -1.93. The molecule has 0 amide bonds. The highest BCUT2D eigenvalue weighted by atomic mass is 32.3. The number of hydrogen-bond acceptors (Lipinski definition) is 11. The molecule has 0 aromatic rings. The van der Waals surface area contributed by atoms with Gasteiger partial charge in [0.05, 0.1) is 24.7 Å². The van der Waals surface area contributed by atoms with Gasteiger partial charge in [0.2, 0.25) is 0 Å². The Bertz CT molecular complexity index is 391. The summed E-state index contributed by atoms with van der Waals surface area (Å²) in [6.45, 7) is -1.33. The van der Waals surface area contributed by atoms with E-state index in [4.69, 9.17) is 30.1 Å². The monoisotopic (exact) mass is 402 g/mol. The third-order valence-electron chi connectivity index (χ3n) is 0.698. The second-order valence-corrected chi connectivity index (χ2v) is 4.25. The van der Waals surface area contributed by atoms with Crippen LogP contribution < -0.4 is 0 Å². The van der Waals surface area contributed by atoms with Crippen molar-refractivity contribution in [2.24, 2.45) is 0 Å². The first kappa shape index (κ1) is 29.9. The average molecular weight is 402 g/mol. The van der Waals surface area contributed by atoms with Crippen molar-refractivity contribution in [3.05, 3.63) is 0 Å². The lowest BCUT2D eigenvalue weighted by atomic mass is 10.8. The van der Waals surface area contributed by atoms with E-state index in [-0.39, 0.29) is 24.7 Å². The fourth-order valence-electron chi connectivity index (χ4n) is 0.144. The number of thiol groups is 2. The molecule has 0 aromatic heterocycles. The number of rotatable bonds is 5. The molecule has 15 heteroatoms. The predicted molar refractivity (Wildman–Crippen MR) is 81.9 cm³/mol. The van der Waals surface area contributed by atoms with Gasteiger partial charge in [-0.05, 0) is 0 Å². The molecule has 0 heterocycles. The van der Waals surface area contributed by atoms with Crippen molar-refractivity contribution in [2.45, 2.75) is 0 Å². The van der Waals surface area contributed by atoms with E-state index in [0.29, 0.717) is 0 Å². The minimum absolute atomic E-state index is 0.0833. The highest BCUT2D eigenvalue weighted by molar-refractivity contribution is 7.81. The normalized spacial score (nSPS) is 8.78. The third kappa shape index (κ3) is 62.8. The van der Waals surface area contributed by atoms with Gasteiger partial charge in [-0.1, -0.05) is 0 Å². The van der Waals surface area contributed by atoms with Gasteiger partial charge in [-0.2, -0.15) is 33.7 Å². The largest absolute Gasteiger partial charge is 0.481 e.